The summed E-state index contributed by atoms with van der Waals surface area (Å²) < 4.78 is 13.5. The summed E-state index contributed by atoms with van der Waals surface area (Å²) in [5, 5.41) is 0. The van der Waals surface area contributed by atoms with Crippen molar-refractivity contribution in [2.45, 2.75) is 26.3 Å². The quantitative estimate of drug-likeness (QED) is 0.769. The molecule has 1 saturated heterocycles. The van der Waals surface area contributed by atoms with Crippen molar-refractivity contribution in [2.75, 3.05) is 25.7 Å². The summed E-state index contributed by atoms with van der Waals surface area (Å²) >= 11 is 5.94. The third-order valence-electron chi connectivity index (χ3n) is 3.90. The Hall–Kier alpha value is -1.26. The van der Waals surface area contributed by atoms with Gasteiger partial charge in [0, 0.05) is 31.4 Å². The maximum Gasteiger partial charge on any atom is 0.147 e. The van der Waals surface area contributed by atoms with Crippen LogP contribution in [0.3, 0.4) is 0 Å². The molecule has 2 heterocycles. The molecule has 1 fully saturated rings. The Labute approximate surface area is 130 Å². The standard InChI is InChI=1S/C16H21ClN2O2/c1-2-21-14-5-3-4-13-16(14)18-15(6-8-17)19(13)10-12-7-9-20-11-12/h3-5,12H,2,6-11H2,1H3. The molecule has 1 aromatic heterocycles. The third-order valence-corrected chi connectivity index (χ3v) is 4.09. The molecule has 4 nitrogen and oxygen atoms in total. The van der Waals surface area contributed by atoms with E-state index in [-0.39, 0.29) is 0 Å². The molecule has 0 saturated carbocycles. The van der Waals surface area contributed by atoms with Crippen LogP contribution in [0.5, 0.6) is 5.75 Å². The van der Waals surface area contributed by atoms with Crippen LogP contribution >= 0.6 is 11.6 Å². The minimum atomic E-state index is 0.562. The van der Waals surface area contributed by atoms with E-state index in [4.69, 9.17) is 26.1 Å². The van der Waals surface area contributed by atoms with Gasteiger partial charge in [-0.2, -0.15) is 0 Å². The van der Waals surface area contributed by atoms with Gasteiger partial charge in [0.05, 0.1) is 18.7 Å². The van der Waals surface area contributed by atoms with Gasteiger partial charge in [-0.25, -0.2) is 4.98 Å². The van der Waals surface area contributed by atoms with Crippen molar-refractivity contribution in [1.29, 1.82) is 0 Å². The number of hydrogen-bond donors (Lipinski definition) is 0. The summed E-state index contributed by atoms with van der Waals surface area (Å²) in [7, 11) is 0. The lowest BCUT2D eigenvalue weighted by Gasteiger charge is -2.13. The minimum Gasteiger partial charge on any atom is -0.492 e. The molecule has 1 aromatic carbocycles. The number of hydrogen-bond acceptors (Lipinski definition) is 3. The van der Waals surface area contributed by atoms with Crippen LogP contribution in [0.4, 0.5) is 0 Å². The van der Waals surface area contributed by atoms with E-state index < -0.39 is 0 Å². The lowest BCUT2D eigenvalue weighted by molar-refractivity contribution is 0.182. The van der Waals surface area contributed by atoms with Crippen molar-refractivity contribution >= 4 is 22.6 Å². The van der Waals surface area contributed by atoms with Crippen molar-refractivity contribution in [1.82, 2.24) is 9.55 Å². The van der Waals surface area contributed by atoms with E-state index in [0.717, 1.165) is 55.2 Å². The molecule has 2 aromatic rings. The molecule has 0 bridgehead atoms. The van der Waals surface area contributed by atoms with Crippen LogP contribution in [-0.2, 0) is 17.7 Å². The second-order valence-electron chi connectivity index (χ2n) is 5.36. The predicted molar refractivity (Wildman–Crippen MR) is 84.3 cm³/mol. The summed E-state index contributed by atoms with van der Waals surface area (Å²) in [6.07, 6.45) is 1.89. The van der Waals surface area contributed by atoms with E-state index in [9.17, 15) is 0 Å². The second kappa shape index (κ2) is 6.67. The molecule has 1 aliphatic rings. The number of alkyl halides is 1. The monoisotopic (exact) mass is 308 g/mol. The van der Waals surface area contributed by atoms with Crippen molar-refractivity contribution in [3.8, 4) is 5.75 Å². The zero-order chi connectivity index (χ0) is 14.7. The molecule has 0 spiro atoms. The van der Waals surface area contributed by atoms with E-state index >= 15 is 0 Å². The Morgan fingerprint density at radius 3 is 3.10 bits per heavy atom. The second-order valence-corrected chi connectivity index (χ2v) is 5.74. The summed E-state index contributed by atoms with van der Waals surface area (Å²) in [5.74, 6) is 3.03. The first kappa shape index (κ1) is 14.7. The first-order valence-electron chi connectivity index (χ1n) is 7.58. The number of aryl methyl sites for hydroxylation is 1. The number of ether oxygens (including phenoxy) is 2. The Kier molecular flexibility index (Phi) is 4.66. The molecule has 0 amide bonds. The Bertz CT molecular complexity index is 606. The van der Waals surface area contributed by atoms with Gasteiger partial charge in [0.2, 0.25) is 0 Å². The highest BCUT2D eigenvalue weighted by Crippen LogP contribution is 2.28. The molecular weight excluding hydrogens is 288 g/mol. The first-order valence-corrected chi connectivity index (χ1v) is 8.11. The van der Waals surface area contributed by atoms with Gasteiger partial charge in [-0.3, -0.25) is 0 Å². The zero-order valence-corrected chi connectivity index (χ0v) is 13.1. The zero-order valence-electron chi connectivity index (χ0n) is 12.3. The van der Waals surface area contributed by atoms with Gasteiger partial charge >= 0.3 is 0 Å². The fraction of sp³-hybridized carbons (Fsp3) is 0.562. The molecule has 5 heteroatoms. The summed E-state index contributed by atoms with van der Waals surface area (Å²) in [4.78, 5) is 4.78. The summed E-state index contributed by atoms with van der Waals surface area (Å²) in [5.41, 5.74) is 2.08. The third kappa shape index (κ3) is 3.01. The van der Waals surface area contributed by atoms with Gasteiger partial charge in [0.15, 0.2) is 0 Å². The number of benzene rings is 1. The largest absolute Gasteiger partial charge is 0.492 e. The molecule has 0 aliphatic carbocycles. The fourth-order valence-electron chi connectivity index (χ4n) is 2.91. The maximum atomic E-state index is 5.94. The van der Waals surface area contributed by atoms with Crippen LogP contribution in [0.2, 0.25) is 0 Å². The molecule has 0 radical (unpaired) electrons. The number of nitrogens with zero attached hydrogens (tertiary/aromatic N) is 2. The number of aromatic nitrogens is 2. The average molecular weight is 309 g/mol. The van der Waals surface area contributed by atoms with Crippen molar-refractivity contribution in [2.24, 2.45) is 5.92 Å². The van der Waals surface area contributed by atoms with Crippen molar-refractivity contribution in [3.63, 3.8) is 0 Å². The van der Waals surface area contributed by atoms with Gasteiger partial charge in [0.1, 0.15) is 17.1 Å². The lowest BCUT2D eigenvalue weighted by atomic mass is 10.1. The Morgan fingerprint density at radius 2 is 2.38 bits per heavy atom. The van der Waals surface area contributed by atoms with Crippen LogP contribution in [0.25, 0.3) is 11.0 Å². The predicted octanol–water partition coefficient (Wildman–Crippen LogP) is 3.25. The van der Waals surface area contributed by atoms with Crippen LogP contribution in [0, 0.1) is 5.92 Å². The number of imidazole rings is 1. The molecular formula is C16H21ClN2O2. The minimum absolute atomic E-state index is 0.562. The SMILES string of the molecule is CCOc1cccc2c1nc(CCCl)n2CC1CCOC1. The van der Waals surface area contributed by atoms with Gasteiger partial charge in [-0.1, -0.05) is 6.07 Å². The average Bonchev–Trinajstić information content (AvgIpc) is 3.10. The number of halogens is 1. The van der Waals surface area contributed by atoms with Crippen molar-refractivity contribution < 1.29 is 9.47 Å². The Morgan fingerprint density at radius 1 is 1.48 bits per heavy atom. The molecule has 0 N–H and O–H groups in total. The highest BCUT2D eigenvalue weighted by Gasteiger charge is 2.20. The molecule has 1 atom stereocenters. The number of rotatable bonds is 6. The molecule has 1 aliphatic heterocycles. The smallest absolute Gasteiger partial charge is 0.147 e. The summed E-state index contributed by atoms with van der Waals surface area (Å²) in [6, 6.07) is 6.12. The summed E-state index contributed by atoms with van der Waals surface area (Å²) in [6.45, 7) is 5.29. The van der Waals surface area contributed by atoms with E-state index in [2.05, 4.69) is 10.6 Å². The van der Waals surface area contributed by atoms with Gasteiger partial charge in [-0.05, 0) is 25.5 Å². The highest BCUT2D eigenvalue weighted by molar-refractivity contribution is 6.17. The number of para-hydroxylation sites is 1. The Balaban J connectivity index is 2.01. The van der Waals surface area contributed by atoms with E-state index in [0.29, 0.717) is 18.4 Å². The topological polar surface area (TPSA) is 36.3 Å². The molecule has 21 heavy (non-hydrogen) atoms. The van der Waals surface area contributed by atoms with E-state index in [1.807, 2.05) is 19.1 Å². The normalized spacial score (nSPS) is 18.5. The van der Waals surface area contributed by atoms with Gasteiger partial charge in [-0.15, -0.1) is 11.6 Å². The maximum absolute atomic E-state index is 5.94. The van der Waals surface area contributed by atoms with E-state index in [1.165, 1.54) is 0 Å². The molecule has 114 valence electrons. The first-order chi connectivity index (χ1) is 10.3. The van der Waals surface area contributed by atoms with Crippen LogP contribution in [-0.4, -0.2) is 35.3 Å². The fourth-order valence-corrected chi connectivity index (χ4v) is 3.08. The van der Waals surface area contributed by atoms with Gasteiger partial charge < -0.3 is 14.0 Å². The van der Waals surface area contributed by atoms with Gasteiger partial charge in [0.25, 0.3) is 0 Å². The van der Waals surface area contributed by atoms with Crippen molar-refractivity contribution in [3.05, 3.63) is 24.0 Å². The van der Waals surface area contributed by atoms with E-state index in [1.54, 1.807) is 0 Å². The molecule has 3 rings (SSSR count). The van der Waals surface area contributed by atoms with Crippen LogP contribution in [0.1, 0.15) is 19.2 Å². The highest BCUT2D eigenvalue weighted by atomic mass is 35.5. The van der Waals surface area contributed by atoms with Crippen LogP contribution in [0.15, 0.2) is 18.2 Å². The molecule has 1 unspecified atom stereocenters. The number of fused-ring (bicyclic) bond motifs is 1. The van der Waals surface area contributed by atoms with Crippen LogP contribution < -0.4 is 4.74 Å². The lowest BCUT2D eigenvalue weighted by Crippen LogP contribution is -2.13.